The van der Waals surface area contributed by atoms with E-state index in [0.29, 0.717) is 0 Å². The maximum absolute atomic E-state index is 5.33. The Labute approximate surface area is 103 Å². The first-order valence-corrected chi connectivity index (χ1v) is 6.56. The minimum Gasteiger partial charge on any atom is -0.377 e. The molecule has 1 aromatic rings. The fraction of sp³-hybridized carbons (Fsp3) is 0.538. The van der Waals surface area contributed by atoms with E-state index >= 15 is 0 Å². The molecule has 3 heteroatoms. The summed E-state index contributed by atoms with van der Waals surface area (Å²) in [5.41, 5.74) is -0.0720. The zero-order chi connectivity index (χ0) is 11.9. The molecule has 0 unspecified atom stereocenters. The molecule has 0 saturated heterocycles. The number of ether oxygens (including phenoxy) is 1. The molecule has 0 aliphatic rings. The lowest BCUT2D eigenvalue weighted by Crippen LogP contribution is -2.37. The largest absolute Gasteiger partial charge is 0.377 e. The van der Waals surface area contributed by atoms with Crippen molar-refractivity contribution in [3.8, 4) is 0 Å². The van der Waals surface area contributed by atoms with Gasteiger partial charge >= 0.3 is 0 Å². The van der Waals surface area contributed by atoms with Crippen molar-refractivity contribution in [1.82, 2.24) is 5.32 Å². The van der Waals surface area contributed by atoms with E-state index in [2.05, 4.69) is 43.4 Å². The standard InChI is InChI=1S/C13H21NOS/c1-13(2,15-3)11-14-9-10-16-12-7-5-4-6-8-12/h4-8,14H,9-11H2,1-3H3. The average molecular weight is 239 g/mol. The van der Waals surface area contributed by atoms with Crippen LogP contribution in [0.2, 0.25) is 0 Å². The number of benzene rings is 1. The van der Waals surface area contributed by atoms with Gasteiger partial charge in [-0.15, -0.1) is 11.8 Å². The van der Waals surface area contributed by atoms with Crippen LogP contribution in [0.5, 0.6) is 0 Å². The quantitative estimate of drug-likeness (QED) is 0.584. The smallest absolute Gasteiger partial charge is 0.0746 e. The van der Waals surface area contributed by atoms with Crippen LogP contribution in [0, 0.1) is 0 Å². The van der Waals surface area contributed by atoms with Crippen LogP contribution in [0.25, 0.3) is 0 Å². The molecule has 1 rings (SSSR count). The Balaban J connectivity index is 2.09. The van der Waals surface area contributed by atoms with Crippen molar-refractivity contribution in [2.45, 2.75) is 24.3 Å². The van der Waals surface area contributed by atoms with Gasteiger partial charge < -0.3 is 10.1 Å². The van der Waals surface area contributed by atoms with E-state index < -0.39 is 0 Å². The molecule has 90 valence electrons. The lowest BCUT2D eigenvalue weighted by Gasteiger charge is -2.23. The van der Waals surface area contributed by atoms with E-state index in [9.17, 15) is 0 Å². The van der Waals surface area contributed by atoms with Gasteiger partial charge in [0.15, 0.2) is 0 Å². The molecule has 16 heavy (non-hydrogen) atoms. The van der Waals surface area contributed by atoms with Gasteiger partial charge in [0.1, 0.15) is 0 Å². The molecule has 0 aliphatic heterocycles. The van der Waals surface area contributed by atoms with Crippen molar-refractivity contribution in [2.75, 3.05) is 26.0 Å². The van der Waals surface area contributed by atoms with Crippen molar-refractivity contribution >= 4 is 11.8 Å². The first-order valence-electron chi connectivity index (χ1n) is 5.58. The number of hydrogen-bond acceptors (Lipinski definition) is 3. The molecular weight excluding hydrogens is 218 g/mol. The van der Waals surface area contributed by atoms with Crippen LogP contribution in [0.3, 0.4) is 0 Å². The molecule has 0 heterocycles. The van der Waals surface area contributed by atoms with Crippen molar-refractivity contribution < 1.29 is 4.74 Å². The SMILES string of the molecule is COC(C)(C)CNCCSc1ccccc1. The number of methoxy groups -OCH3 is 1. The Morgan fingerprint density at radius 2 is 1.94 bits per heavy atom. The topological polar surface area (TPSA) is 21.3 Å². The Kier molecular flexibility index (Phi) is 5.88. The van der Waals surface area contributed by atoms with Crippen LogP contribution in [0.15, 0.2) is 35.2 Å². The van der Waals surface area contributed by atoms with Crippen molar-refractivity contribution in [3.05, 3.63) is 30.3 Å². The van der Waals surface area contributed by atoms with Crippen LogP contribution >= 0.6 is 11.8 Å². The predicted octanol–water partition coefficient (Wildman–Crippen LogP) is 2.79. The van der Waals surface area contributed by atoms with Crippen molar-refractivity contribution in [3.63, 3.8) is 0 Å². The highest BCUT2D eigenvalue weighted by Gasteiger charge is 2.14. The molecule has 1 N–H and O–H groups in total. The first kappa shape index (κ1) is 13.6. The molecule has 0 bridgehead atoms. The van der Waals surface area contributed by atoms with Gasteiger partial charge in [0.2, 0.25) is 0 Å². The first-order chi connectivity index (χ1) is 7.64. The molecule has 0 atom stereocenters. The Morgan fingerprint density at radius 1 is 1.25 bits per heavy atom. The Morgan fingerprint density at radius 3 is 2.56 bits per heavy atom. The molecule has 0 fully saturated rings. The number of nitrogens with one attached hydrogen (secondary N) is 1. The summed E-state index contributed by atoms with van der Waals surface area (Å²) in [5, 5.41) is 3.40. The van der Waals surface area contributed by atoms with Gasteiger partial charge in [-0.2, -0.15) is 0 Å². The van der Waals surface area contributed by atoms with Gasteiger partial charge in [0.05, 0.1) is 5.60 Å². The van der Waals surface area contributed by atoms with Gasteiger partial charge in [-0.1, -0.05) is 18.2 Å². The van der Waals surface area contributed by atoms with Gasteiger partial charge in [-0.25, -0.2) is 0 Å². The Hall–Kier alpha value is -0.510. The van der Waals surface area contributed by atoms with Crippen molar-refractivity contribution in [2.24, 2.45) is 0 Å². The maximum Gasteiger partial charge on any atom is 0.0746 e. The lowest BCUT2D eigenvalue weighted by molar-refractivity contribution is 0.0238. The monoisotopic (exact) mass is 239 g/mol. The summed E-state index contributed by atoms with van der Waals surface area (Å²) >= 11 is 1.88. The third kappa shape index (κ3) is 5.54. The molecule has 2 nitrogen and oxygen atoms in total. The van der Waals surface area contributed by atoms with E-state index in [1.54, 1.807) is 7.11 Å². The molecule has 0 aromatic heterocycles. The summed E-state index contributed by atoms with van der Waals surface area (Å²) in [4.78, 5) is 1.33. The normalized spacial score (nSPS) is 11.7. The second-order valence-corrected chi connectivity index (χ2v) is 5.47. The van der Waals surface area contributed by atoms with E-state index in [4.69, 9.17) is 4.74 Å². The highest BCUT2D eigenvalue weighted by molar-refractivity contribution is 7.99. The van der Waals surface area contributed by atoms with Crippen LogP contribution in [0.1, 0.15) is 13.8 Å². The van der Waals surface area contributed by atoms with E-state index in [0.717, 1.165) is 18.8 Å². The molecule has 0 saturated carbocycles. The minimum atomic E-state index is -0.0720. The van der Waals surface area contributed by atoms with E-state index in [1.165, 1.54) is 4.90 Å². The number of thioether (sulfide) groups is 1. The van der Waals surface area contributed by atoms with Gasteiger partial charge in [0, 0.05) is 30.8 Å². The summed E-state index contributed by atoms with van der Waals surface area (Å²) in [6, 6.07) is 10.5. The van der Waals surface area contributed by atoms with Crippen LogP contribution in [-0.2, 0) is 4.74 Å². The van der Waals surface area contributed by atoms with Crippen LogP contribution < -0.4 is 5.32 Å². The number of hydrogen-bond donors (Lipinski definition) is 1. The van der Waals surface area contributed by atoms with Gasteiger partial charge in [0.25, 0.3) is 0 Å². The van der Waals surface area contributed by atoms with E-state index in [1.807, 2.05) is 17.8 Å². The minimum absolute atomic E-state index is 0.0720. The zero-order valence-corrected chi connectivity index (χ0v) is 11.1. The molecule has 0 spiro atoms. The van der Waals surface area contributed by atoms with Crippen molar-refractivity contribution in [1.29, 1.82) is 0 Å². The second-order valence-electron chi connectivity index (χ2n) is 4.30. The van der Waals surface area contributed by atoms with E-state index in [-0.39, 0.29) is 5.60 Å². The second kappa shape index (κ2) is 6.94. The van der Waals surface area contributed by atoms with Gasteiger partial charge in [-0.3, -0.25) is 0 Å². The highest BCUT2D eigenvalue weighted by atomic mass is 32.2. The Bertz CT molecular complexity index is 287. The lowest BCUT2D eigenvalue weighted by atomic mass is 10.1. The summed E-state index contributed by atoms with van der Waals surface area (Å²) in [6.45, 7) is 6.07. The fourth-order valence-electron chi connectivity index (χ4n) is 1.22. The average Bonchev–Trinajstić information content (AvgIpc) is 2.30. The van der Waals surface area contributed by atoms with Crippen LogP contribution in [0.4, 0.5) is 0 Å². The van der Waals surface area contributed by atoms with Gasteiger partial charge in [-0.05, 0) is 26.0 Å². The molecule has 1 aromatic carbocycles. The highest BCUT2D eigenvalue weighted by Crippen LogP contribution is 2.15. The number of rotatable bonds is 7. The van der Waals surface area contributed by atoms with Crippen LogP contribution in [-0.4, -0.2) is 31.6 Å². The third-order valence-electron chi connectivity index (χ3n) is 2.39. The maximum atomic E-state index is 5.33. The molecule has 0 aliphatic carbocycles. The summed E-state index contributed by atoms with van der Waals surface area (Å²) < 4.78 is 5.33. The summed E-state index contributed by atoms with van der Waals surface area (Å²) in [7, 11) is 1.75. The summed E-state index contributed by atoms with van der Waals surface area (Å²) in [5.74, 6) is 1.09. The molecular formula is C13H21NOS. The fourth-order valence-corrected chi connectivity index (χ4v) is 2.05. The zero-order valence-electron chi connectivity index (χ0n) is 10.3. The molecule has 0 radical (unpaired) electrons. The summed E-state index contributed by atoms with van der Waals surface area (Å²) in [6.07, 6.45) is 0. The third-order valence-corrected chi connectivity index (χ3v) is 3.41. The molecule has 0 amide bonds. The predicted molar refractivity (Wildman–Crippen MR) is 71.1 cm³/mol.